The molecular weight excluding hydrogens is 302 g/mol. The molecule has 0 aliphatic rings. The summed E-state index contributed by atoms with van der Waals surface area (Å²) in [5.74, 6) is -0.895. The lowest BCUT2D eigenvalue weighted by Crippen LogP contribution is -2.55. The maximum atomic E-state index is 12.2. The number of aliphatic carboxylic acids is 1. The van der Waals surface area contributed by atoms with Crippen LogP contribution in [0.4, 0.5) is 0 Å². The molecule has 0 aliphatic carbocycles. The second-order valence-corrected chi connectivity index (χ2v) is 5.23. The zero-order chi connectivity index (χ0) is 17.0. The molecule has 0 spiro atoms. The molecule has 8 nitrogen and oxygen atoms in total. The average Bonchev–Trinajstić information content (AvgIpc) is 2.94. The first kappa shape index (κ1) is 16.6. The first-order chi connectivity index (χ1) is 10.9. The fraction of sp³-hybridized carbons (Fsp3) is 0.333. The van der Waals surface area contributed by atoms with Crippen molar-refractivity contribution in [1.82, 2.24) is 15.5 Å². The summed E-state index contributed by atoms with van der Waals surface area (Å²) in [6, 6.07) is 6.41. The van der Waals surface area contributed by atoms with Gasteiger partial charge in [0.25, 0.3) is 5.91 Å². The van der Waals surface area contributed by atoms with Crippen LogP contribution in [0.5, 0.6) is 0 Å². The number of hydrogen-bond acceptors (Lipinski definition) is 6. The van der Waals surface area contributed by atoms with Crippen LogP contribution in [0.2, 0.25) is 0 Å². The number of aryl methyl sites for hydroxylation is 1. The highest BCUT2D eigenvalue weighted by molar-refractivity contribution is 5.98. The molecule has 0 saturated heterocycles. The Kier molecular flexibility index (Phi) is 4.75. The number of methoxy groups -OCH3 is 1. The highest BCUT2D eigenvalue weighted by atomic mass is 16.5. The lowest BCUT2D eigenvalue weighted by molar-refractivity contribution is -0.145. The lowest BCUT2D eigenvalue weighted by atomic mass is 10.0. The minimum atomic E-state index is -1.51. The van der Waals surface area contributed by atoms with Gasteiger partial charge in [0.05, 0.1) is 6.61 Å². The van der Waals surface area contributed by atoms with Crippen molar-refractivity contribution in [2.24, 2.45) is 0 Å². The predicted octanol–water partition coefficient (Wildman–Crippen LogP) is 1.26. The van der Waals surface area contributed by atoms with Gasteiger partial charge < -0.3 is 19.6 Å². The standard InChI is InChI=1S/C15H17N3O5/c1-9-17-18-13(23-9)11-6-4-10(5-7-11)12(19)16-15(2,8-22-3)14(20)21/h4-7H,8H2,1-3H3,(H,16,19)(H,20,21). The first-order valence-electron chi connectivity index (χ1n) is 6.81. The van der Waals surface area contributed by atoms with E-state index in [0.29, 0.717) is 22.9 Å². The summed E-state index contributed by atoms with van der Waals surface area (Å²) < 4.78 is 10.2. The number of carbonyl (C=O) groups is 2. The number of carbonyl (C=O) groups excluding carboxylic acids is 1. The van der Waals surface area contributed by atoms with Gasteiger partial charge >= 0.3 is 5.97 Å². The van der Waals surface area contributed by atoms with E-state index in [-0.39, 0.29) is 6.61 Å². The summed E-state index contributed by atoms with van der Waals surface area (Å²) in [6.45, 7) is 2.92. The summed E-state index contributed by atoms with van der Waals surface area (Å²) in [7, 11) is 1.37. The number of nitrogens with one attached hydrogen (secondary N) is 1. The molecule has 8 heteroatoms. The quantitative estimate of drug-likeness (QED) is 0.823. The number of carboxylic acid groups (broad SMARTS) is 1. The molecule has 2 N–H and O–H groups in total. The fourth-order valence-electron chi connectivity index (χ4n) is 1.94. The van der Waals surface area contributed by atoms with E-state index in [9.17, 15) is 14.7 Å². The summed E-state index contributed by atoms with van der Waals surface area (Å²) in [5.41, 5.74) is -0.526. The Labute approximate surface area is 132 Å². The van der Waals surface area contributed by atoms with Crippen molar-refractivity contribution >= 4 is 11.9 Å². The van der Waals surface area contributed by atoms with E-state index in [2.05, 4.69) is 15.5 Å². The minimum absolute atomic E-state index is 0.145. The van der Waals surface area contributed by atoms with Gasteiger partial charge in [0.2, 0.25) is 11.8 Å². The number of ether oxygens (including phenoxy) is 1. The van der Waals surface area contributed by atoms with Crippen LogP contribution in [0.25, 0.3) is 11.5 Å². The smallest absolute Gasteiger partial charge is 0.331 e. The van der Waals surface area contributed by atoms with Crippen LogP contribution in [-0.2, 0) is 9.53 Å². The number of hydrogen-bond donors (Lipinski definition) is 2. The van der Waals surface area contributed by atoms with Crippen LogP contribution in [0.1, 0.15) is 23.2 Å². The highest BCUT2D eigenvalue weighted by Gasteiger charge is 2.35. The number of benzene rings is 1. The fourth-order valence-corrected chi connectivity index (χ4v) is 1.94. The SMILES string of the molecule is COCC(C)(NC(=O)c1ccc(-c2nnc(C)o2)cc1)C(=O)O. The van der Waals surface area contributed by atoms with E-state index in [4.69, 9.17) is 9.15 Å². The van der Waals surface area contributed by atoms with E-state index < -0.39 is 17.4 Å². The van der Waals surface area contributed by atoms with Gasteiger partial charge in [0, 0.05) is 25.2 Å². The van der Waals surface area contributed by atoms with Crippen LogP contribution in [0.15, 0.2) is 28.7 Å². The maximum Gasteiger partial charge on any atom is 0.331 e. The first-order valence-corrected chi connectivity index (χ1v) is 6.81. The van der Waals surface area contributed by atoms with Gasteiger partial charge in [-0.3, -0.25) is 4.79 Å². The Hall–Kier alpha value is -2.74. The minimum Gasteiger partial charge on any atom is -0.479 e. The predicted molar refractivity (Wildman–Crippen MR) is 79.9 cm³/mol. The Bertz CT molecular complexity index is 710. The number of nitrogens with zero attached hydrogens (tertiary/aromatic N) is 2. The molecule has 1 unspecified atom stereocenters. The molecule has 0 aliphatic heterocycles. The summed E-state index contributed by atoms with van der Waals surface area (Å²) in [4.78, 5) is 23.5. The normalized spacial score (nSPS) is 13.3. The molecule has 0 bridgehead atoms. The van der Waals surface area contributed by atoms with Gasteiger partial charge in [-0.15, -0.1) is 10.2 Å². The molecule has 1 heterocycles. The topological polar surface area (TPSA) is 115 Å². The lowest BCUT2D eigenvalue weighted by Gasteiger charge is -2.25. The zero-order valence-electron chi connectivity index (χ0n) is 13.0. The van der Waals surface area contributed by atoms with Gasteiger partial charge in [-0.2, -0.15) is 0 Å². The molecule has 1 aromatic heterocycles. The third-order valence-electron chi connectivity index (χ3n) is 3.21. The van der Waals surface area contributed by atoms with Gasteiger partial charge in [0.1, 0.15) is 0 Å². The summed E-state index contributed by atoms with van der Waals surface area (Å²) >= 11 is 0. The molecule has 0 radical (unpaired) electrons. The monoisotopic (exact) mass is 319 g/mol. The molecule has 0 fully saturated rings. The Balaban J connectivity index is 2.15. The molecule has 23 heavy (non-hydrogen) atoms. The molecule has 122 valence electrons. The van der Waals surface area contributed by atoms with Crippen molar-refractivity contribution < 1.29 is 23.8 Å². The molecule has 2 aromatic rings. The summed E-state index contributed by atoms with van der Waals surface area (Å²) in [5, 5.41) is 19.3. The van der Waals surface area contributed by atoms with E-state index in [1.807, 2.05) is 0 Å². The second kappa shape index (κ2) is 6.57. The third-order valence-corrected chi connectivity index (χ3v) is 3.21. The third kappa shape index (κ3) is 3.72. The van der Waals surface area contributed by atoms with Gasteiger partial charge in [-0.25, -0.2) is 4.79 Å². The number of carboxylic acids is 1. The van der Waals surface area contributed by atoms with Crippen LogP contribution in [-0.4, -0.2) is 46.4 Å². The van der Waals surface area contributed by atoms with Crippen LogP contribution in [0.3, 0.4) is 0 Å². The van der Waals surface area contributed by atoms with Crippen molar-refractivity contribution in [2.45, 2.75) is 19.4 Å². The zero-order valence-corrected chi connectivity index (χ0v) is 13.0. The average molecular weight is 319 g/mol. The molecule has 0 saturated carbocycles. The molecule has 1 atom stereocenters. The maximum absolute atomic E-state index is 12.2. The van der Waals surface area contributed by atoms with Crippen molar-refractivity contribution in [3.05, 3.63) is 35.7 Å². The molecule has 1 aromatic carbocycles. The van der Waals surface area contributed by atoms with Crippen molar-refractivity contribution in [3.8, 4) is 11.5 Å². The number of amides is 1. The Morgan fingerprint density at radius 2 is 1.96 bits per heavy atom. The van der Waals surface area contributed by atoms with Crippen LogP contribution in [0, 0.1) is 6.92 Å². The summed E-state index contributed by atoms with van der Waals surface area (Å²) in [6.07, 6.45) is 0. The van der Waals surface area contributed by atoms with E-state index >= 15 is 0 Å². The highest BCUT2D eigenvalue weighted by Crippen LogP contribution is 2.18. The molecule has 1 amide bonds. The second-order valence-electron chi connectivity index (χ2n) is 5.23. The van der Waals surface area contributed by atoms with Crippen LogP contribution < -0.4 is 5.32 Å². The van der Waals surface area contributed by atoms with Gasteiger partial charge in [0.15, 0.2) is 5.54 Å². The number of rotatable bonds is 6. The van der Waals surface area contributed by atoms with Crippen molar-refractivity contribution in [2.75, 3.05) is 13.7 Å². The Morgan fingerprint density at radius 3 is 2.43 bits per heavy atom. The molecule has 2 rings (SSSR count). The van der Waals surface area contributed by atoms with E-state index in [0.717, 1.165) is 0 Å². The van der Waals surface area contributed by atoms with E-state index in [1.165, 1.54) is 14.0 Å². The largest absolute Gasteiger partial charge is 0.479 e. The Morgan fingerprint density at radius 1 is 1.30 bits per heavy atom. The van der Waals surface area contributed by atoms with E-state index in [1.54, 1.807) is 31.2 Å². The van der Waals surface area contributed by atoms with Crippen molar-refractivity contribution in [3.63, 3.8) is 0 Å². The van der Waals surface area contributed by atoms with Gasteiger partial charge in [-0.1, -0.05) is 0 Å². The molecular formula is C15H17N3O5. The van der Waals surface area contributed by atoms with Gasteiger partial charge in [-0.05, 0) is 31.2 Å². The van der Waals surface area contributed by atoms with Crippen molar-refractivity contribution in [1.29, 1.82) is 0 Å². The number of aromatic nitrogens is 2. The van der Waals surface area contributed by atoms with Crippen LogP contribution >= 0.6 is 0 Å².